The van der Waals surface area contributed by atoms with Crippen LogP contribution in [-0.2, 0) is 39.1 Å². The van der Waals surface area contributed by atoms with Crippen LogP contribution in [0.4, 0.5) is 10.5 Å². The van der Waals surface area contributed by atoms with Gasteiger partial charge < -0.3 is 19.9 Å². The van der Waals surface area contributed by atoms with E-state index in [0.29, 0.717) is 12.1 Å². The van der Waals surface area contributed by atoms with Crippen molar-refractivity contribution < 1.29 is 56.9 Å². The number of hydrogen-bond donors (Lipinski definition) is 3. The van der Waals surface area contributed by atoms with Gasteiger partial charge in [-0.05, 0) is 36.1 Å². The van der Waals surface area contributed by atoms with Crippen molar-refractivity contribution in [1.29, 1.82) is 0 Å². The number of alkyl carbamates (subject to hydrolysis) is 1. The molecule has 0 aliphatic rings. The first kappa shape index (κ1) is 30.7. The number of amides is 2. The van der Waals surface area contributed by atoms with Gasteiger partial charge in [0.05, 0.1) is 23.9 Å². The Morgan fingerprint density at radius 1 is 1.03 bits per heavy atom. The second-order valence-corrected chi connectivity index (χ2v) is 9.97. The third kappa shape index (κ3) is 10.1. The van der Waals surface area contributed by atoms with Gasteiger partial charge in [-0.3, -0.25) is 9.52 Å². The Labute approximate surface area is 242 Å². The molecule has 2 aromatic carbocycles. The van der Waals surface area contributed by atoms with Crippen LogP contribution >= 0.6 is 11.3 Å². The van der Waals surface area contributed by atoms with E-state index in [1.165, 1.54) is 30.6 Å². The molecule has 2 atom stereocenters. The molecule has 3 rings (SSSR count). The SMILES string of the molecule is CCc1nc([C@H](Cc2ccc(NS(=O)(=O)[O-])cc2)NC(=O)[C@H](Cc2ccccc2)NC(=O)OC)cs1.[Na+]. The molecule has 0 aliphatic carbocycles. The zero-order valence-corrected chi connectivity index (χ0v) is 24.4. The second kappa shape index (κ2) is 14.5. The number of ether oxygens (including phenoxy) is 1. The van der Waals surface area contributed by atoms with Gasteiger partial charge in [0, 0.05) is 17.5 Å². The number of thiazole rings is 1. The maximum atomic E-state index is 13.3. The van der Waals surface area contributed by atoms with Crippen LogP contribution in [0.25, 0.3) is 0 Å². The van der Waals surface area contributed by atoms with E-state index in [-0.39, 0.29) is 41.7 Å². The number of methoxy groups -OCH3 is 1. The molecule has 10 nitrogen and oxygen atoms in total. The fourth-order valence-electron chi connectivity index (χ4n) is 3.50. The first-order chi connectivity index (χ1) is 17.2. The summed E-state index contributed by atoms with van der Waals surface area (Å²) in [5.74, 6) is -0.406. The van der Waals surface area contributed by atoms with Crippen molar-refractivity contribution in [3.8, 4) is 0 Å². The summed E-state index contributed by atoms with van der Waals surface area (Å²) in [5.41, 5.74) is 2.46. The molecule has 0 radical (unpaired) electrons. The number of aryl methyl sites for hydroxylation is 1. The van der Waals surface area contributed by atoms with Crippen molar-refractivity contribution >= 4 is 39.3 Å². The third-order valence-corrected chi connectivity index (χ3v) is 6.76. The monoisotopic (exact) mass is 554 g/mol. The van der Waals surface area contributed by atoms with E-state index in [4.69, 9.17) is 4.74 Å². The maximum absolute atomic E-state index is 13.3. The Morgan fingerprint density at radius 2 is 1.68 bits per heavy atom. The molecule has 0 fully saturated rings. The normalized spacial score (nSPS) is 12.5. The fraction of sp³-hybridized carbons (Fsp3) is 0.292. The van der Waals surface area contributed by atoms with Crippen LogP contribution in [0.5, 0.6) is 0 Å². The molecule has 192 valence electrons. The predicted molar refractivity (Wildman–Crippen MR) is 135 cm³/mol. The minimum absolute atomic E-state index is 0. The Kier molecular flexibility index (Phi) is 12.0. The van der Waals surface area contributed by atoms with E-state index in [0.717, 1.165) is 22.6 Å². The summed E-state index contributed by atoms with van der Waals surface area (Å²) >= 11 is 1.49. The summed E-state index contributed by atoms with van der Waals surface area (Å²) in [6, 6.07) is 14.1. The van der Waals surface area contributed by atoms with Crippen LogP contribution in [0.15, 0.2) is 60.0 Å². The van der Waals surface area contributed by atoms with Gasteiger partial charge in [-0.1, -0.05) is 49.4 Å². The number of aromatic nitrogens is 1. The summed E-state index contributed by atoms with van der Waals surface area (Å²) in [5, 5.41) is 8.38. The second-order valence-electron chi connectivity index (χ2n) is 7.92. The zero-order valence-electron chi connectivity index (χ0n) is 20.8. The number of carbonyl (C=O) groups is 2. The van der Waals surface area contributed by atoms with Crippen molar-refractivity contribution in [2.45, 2.75) is 38.3 Å². The van der Waals surface area contributed by atoms with Gasteiger partial charge in [0.2, 0.25) is 5.91 Å². The van der Waals surface area contributed by atoms with E-state index in [1.54, 1.807) is 12.1 Å². The smallest absolute Gasteiger partial charge is 0.731 e. The first-order valence-electron chi connectivity index (χ1n) is 11.1. The molecule has 1 heterocycles. The topological polar surface area (TPSA) is 150 Å². The molecule has 0 saturated carbocycles. The molecule has 3 N–H and O–H groups in total. The zero-order chi connectivity index (χ0) is 26.1. The number of benzene rings is 2. The Balaban J connectivity index is 0.00000481. The largest absolute Gasteiger partial charge is 1.00 e. The van der Waals surface area contributed by atoms with Gasteiger partial charge in [0.1, 0.15) is 6.04 Å². The minimum Gasteiger partial charge on any atom is -0.731 e. The Morgan fingerprint density at radius 3 is 2.24 bits per heavy atom. The van der Waals surface area contributed by atoms with Gasteiger partial charge in [-0.25, -0.2) is 18.2 Å². The molecular formula is C24H27N4NaO6S2. The van der Waals surface area contributed by atoms with Gasteiger partial charge in [-0.2, -0.15) is 0 Å². The van der Waals surface area contributed by atoms with Crippen molar-refractivity contribution in [2.24, 2.45) is 0 Å². The molecule has 0 aliphatic heterocycles. The van der Waals surface area contributed by atoms with Crippen LogP contribution in [0, 0.1) is 0 Å². The summed E-state index contributed by atoms with van der Waals surface area (Å²) in [6.07, 6.45) is 0.631. The number of hydrogen-bond acceptors (Lipinski definition) is 8. The number of nitrogens with zero attached hydrogens (tertiary/aromatic N) is 1. The van der Waals surface area contributed by atoms with Crippen molar-refractivity contribution in [2.75, 3.05) is 11.8 Å². The number of anilines is 1. The molecule has 13 heteroatoms. The van der Waals surface area contributed by atoms with Crippen molar-refractivity contribution in [3.05, 3.63) is 81.8 Å². The van der Waals surface area contributed by atoms with Crippen LogP contribution in [0.2, 0.25) is 0 Å². The molecule has 37 heavy (non-hydrogen) atoms. The quantitative estimate of drug-likeness (QED) is 0.222. The van der Waals surface area contributed by atoms with Crippen LogP contribution in [-0.4, -0.2) is 43.1 Å². The third-order valence-electron chi connectivity index (χ3n) is 5.26. The van der Waals surface area contributed by atoms with Gasteiger partial charge in [-0.15, -0.1) is 11.3 Å². The van der Waals surface area contributed by atoms with Gasteiger partial charge in [0.25, 0.3) is 0 Å². The first-order valence-corrected chi connectivity index (χ1v) is 13.4. The standard InChI is InChI=1S/C24H28N4O6S2.Na/c1-3-22-25-21(15-35-22)19(13-17-9-11-18(12-10-17)28-36(31,32)33)26-23(29)20(27-24(30)34-2)14-16-7-5-4-6-8-16;/h4-12,15,19-20,28H,3,13-14H2,1-2H3,(H,26,29)(H,27,30)(H,31,32,33);/q;+1/p-1/t19-,20-;/m0./s1. The van der Waals surface area contributed by atoms with E-state index in [2.05, 4.69) is 15.6 Å². The molecule has 0 saturated heterocycles. The average molecular weight is 555 g/mol. The molecule has 2 amide bonds. The van der Waals surface area contributed by atoms with E-state index < -0.39 is 34.4 Å². The number of rotatable bonds is 11. The van der Waals surface area contributed by atoms with E-state index in [9.17, 15) is 22.6 Å². The molecule has 0 bridgehead atoms. The van der Waals surface area contributed by atoms with Crippen molar-refractivity contribution in [1.82, 2.24) is 15.6 Å². The summed E-state index contributed by atoms with van der Waals surface area (Å²) in [7, 11) is -3.40. The van der Waals surface area contributed by atoms with Crippen molar-refractivity contribution in [3.63, 3.8) is 0 Å². The summed E-state index contributed by atoms with van der Waals surface area (Å²) in [6.45, 7) is 1.99. The predicted octanol–water partition coefficient (Wildman–Crippen LogP) is -0.0511. The molecule has 0 spiro atoms. The summed E-state index contributed by atoms with van der Waals surface area (Å²) < 4.78 is 39.4. The molecule has 0 unspecified atom stereocenters. The fourth-order valence-corrected chi connectivity index (χ4v) is 4.72. The number of carbonyl (C=O) groups excluding carboxylic acids is 2. The molecule has 3 aromatic rings. The minimum atomic E-state index is -4.63. The van der Waals surface area contributed by atoms with Crippen LogP contribution in [0.1, 0.15) is 34.8 Å². The molecular weight excluding hydrogens is 527 g/mol. The van der Waals surface area contributed by atoms with Gasteiger partial charge in [0.15, 0.2) is 10.3 Å². The van der Waals surface area contributed by atoms with Gasteiger partial charge >= 0.3 is 35.7 Å². The number of nitrogens with one attached hydrogen (secondary N) is 3. The Bertz CT molecular complexity index is 1270. The van der Waals surface area contributed by atoms with Crippen LogP contribution in [0.3, 0.4) is 0 Å². The molecule has 1 aromatic heterocycles. The summed E-state index contributed by atoms with van der Waals surface area (Å²) in [4.78, 5) is 29.9. The Hall–Kier alpha value is -2.48. The maximum Gasteiger partial charge on any atom is 1.00 e. The average Bonchev–Trinajstić information content (AvgIpc) is 3.33. The van der Waals surface area contributed by atoms with E-state index in [1.807, 2.05) is 47.4 Å². The van der Waals surface area contributed by atoms with E-state index >= 15 is 0 Å². The van der Waals surface area contributed by atoms with Crippen LogP contribution < -0.4 is 44.9 Å².